The number of halogens is 3. The molecule has 0 fully saturated rings. The van der Waals surface area contributed by atoms with E-state index in [1.807, 2.05) is 0 Å². The van der Waals surface area contributed by atoms with Gasteiger partial charge < -0.3 is 4.74 Å². The van der Waals surface area contributed by atoms with E-state index in [1.54, 1.807) is 0 Å². The van der Waals surface area contributed by atoms with Gasteiger partial charge in [0.25, 0.3) is 5.82 Å². The Kier molecular flexibility index (Phi) is 3.42. The molecule has 1 N–H and O–H groups in total. The Hall–Kier alpha value is -1.71. The van der Waals surface area contributed by atoms with Crippen LogP contribution >= 0.6 is 11.5 Å². The molecule has 1 aromatic heterocycles. The summed E-state index contributed by atoms with van der Waals surface area (Å²) in [6.07, 6.45) is -5.02. The number of ether oxygens (including phenoxy) is 1. The summed E-state index contributed by atoms with van der Waals surface area (Å²) in [7, 11) is 1.07. The third-order valence-electron chi connectivity index (χ3n) is 1.27. The van der Waals surface area contributed by atoms with Gasteiger partial charge in [-0.25, -0.2) is 4.79 Å². The number of amides is 1. The van der Waals surface area contributed by atoms with E-state index in [9.17, 15) is 22.8 Å². The summed E-state index contributed by atoms with van der Waals surface area (Å²) in [6, 6.07) is 0. The van der Waals surface area contributed by atoms with E-state index >= 15 is 0 Å². The second kappa shape index (κ2) is 4.43. The van der Waals surface area contributed by atoms with E-state index in [4.69, 9.17) is 0 Å². The molecule has 0 aliphatic rings. The molecular formula is C6H4F3N3O3S. The van der Waals surface area contributed by atoms with Gasteiger partial charge in [-0.3, -0.25) is 10.1 Å². The Balaban J connectivity index is 2.73. The SMILES string of the molecule is COC(=O)c1nsc(NC(=O)C(F)(F)F)n1. The van der Waals surface area contributed by atoms with Crippen molar-refractivity contribution in [1.82, 2.24) is 9.36 Å². The number of esters is 1. The zero-order valence-electron chi connectivity index (χ0n) is 7.66. The van der Waals surface area contributed by atoms with Crippen molar-refractivity contribution in [3.05, 3.63) is 5.82 Å². The lowest BCUT2D eigenvalue weighted by molar-refractivity contribution is -0.167. The number of carbonyl (C=O) groups is 2. The molecule has 1 amide bonds. The van der Waals surface area contributed by atoms with Gasteiger partial charge in [0.05, 0.1) is 7.11 Å². The van der Waals surface area contributed by atoms with Crippen molar-refractivity contribution in [3.63, 3.8) is 0 Å². The molecule has 16 heavy (non-hydrogen) atoms. The summed E-state index contributed by atoms with van der Waals surface area (Å²) in [5.74, 6) is -3.49. The second-order valence-corrected chi connectivity index (χ2v) is 3.12. The van der Waals surface area contributed by atoms with Crippen LogP contribution in [0.15, 0.2) is 0 Å². The van der Waals surface area contributed by atoms with Crippen LogP contribution in [0.2, 0.25) is 0 Å². The standard InChI is InChI=1S/C6H4F3N3O3S/c1-15-3(13)2-10-5(16-12-2)11-4(14)6(7,8)9/h1H3,(H,10,11,12,14). The van der Waals surface area contributed by atoms with Crippen LogP contribution in [0.1, 0.15) is 10.6 Å². The minimum Gasteiger partial charge on any atom is -0.463 e. The van der Waals surface area contributed by atoms with Crippen LogP contribution in [0.5, 0.6) is 0 Å². The second-order valence-electron chi connectivity index (χ2n) is 2.37. The third-order valence-corrected chi connectivity index (χ3v) is 1.90. The Morgan fingerprint density at radius 3 is 2.56 bits per heavy atom. The fourth-order valence-corrected chi connectivity index (χ4v) is 1.17. The summed E-state index contributed by atoms with van der Waals surface area (Å²) in [5.41, 5.74) is 0. The van der Waals surface area contributed by atoms with Crippen molar-refractivity contribution in [2.24, 2.45) is 0 Å². The van der Waals surface area contributed by atoms with Gasteiger partial charge in [-0.1, -0.05) is 0 Å². The first kappa shape index (κ1) is 12.4. The zero-order chi connectivity index (χ0) is 12.3. The zero-order valence-corrected chi connectivity index (χ0v) is 8.48. The van der Waals surface area contributed by atoms with E-state index < -0.39 is 29.0 Å². The van der Waals surface area contributed by atoms with Gasteiger partial charge in [-0.15, -0.1) is 0 Å². The highest BCUT2D eigenvalue weighted by Gasteiger charge is 2.39. The molecule has 0 saturated heterocycles. The molecule has 1 rings (SSSR count). The van der Waals surface area contributed by atoms with Gasteiger partial charge in [0.1, 0.15) is 0 Å². The number of hydrogen-bond donors (Lipinski definition) is 1. The predicted molar refractivity (Wildman–Crippen MR) is 45.9 cm³/mol. The molecule has 0 saturated carbocycles. The summed E-state index contributed by atoms with van der Waals surface area (Å²) in [4.78, 5) is 24.6. The Bertz CT molecular complexity index is 417. The van der Waals surface area contributed by atoms with Crippen LogP contribution < -0.4 is 5.32 Å². The first-order chi connectivity index (χ1) is 7.34. The van der Waals surface area contributed by atoms with Crippen LogP contribution in [-0.2, 0) is 9.53 Å². The molecule has 88 valence electrons. The van der Waals surface area contributed by atoms with Gasteiger partial charge in [0.2, 0.25) is 5.13 Å². The highest BCUT2D eigenvalue weighted by atomic mass is 32.1. The first-order valence-electron chi connectivity index (χ1n) is 3.65. The number of alkyl halides is 3. The molecule has 0 atom stereocenters. The number of carbonyl (C=O) groups excluding carboxylic acids is 2. The van der Waals surface area contributed by atoms with Crippen molar-refractivity contribution in [3.8, 4) is 0 Å². The molecule has 0 aliphatic carbocycles. The Labute approximate surface area is 90.6 Å². The lowest BCUT2D eigenvalue weighted by Gasteiger charge is -2.03. The quantitative estimate of drug-likeness (QED) is 0.791. The summed E-state index contributed by atoms with van der Waals surface area (Å²) in [5, 5.41) is 1.03. The van der Waals surface area contributed by atoms with Gasteiger partial charge in [-0.2, -0.15) is 22.5 Å². The molecule has 0 bridgehead atoms. The number of aromatic nitrogens is 2. The van der Waals surface area contributed by atoms with Gasteiger partial charge >= 0.3 is 18.1 Å². The number of methoxy groups -OCH3 is 1. The number of hydrogen-bond acceptors (Lipinski definition) is 6. The minimum absolute atomic E-state index is 0.412. The van der Waals surface area contributed by atoms with Gasteiger partial charge in [0, 0.05) is 11.5 Å². The Morgan fingerprint density at radius 2 is 2.06 bits per heavy atom. The molecule has 1 aromatic rings. The average molecular weight is 255 g/mol. The third kappa shape index (κ3) is 2.89. The Morgan fingerprint density at radius 1 is 1.44 bits per heavy atom. The molecule has 1 heterocycles. The number of nitrogens with zero attached hydrogens (tertiary/aromatic N) is 2. The highest BCUT2D eigenvalue weighted by molar-refractivity contribution is 7.10. The van der Waals surface area contributed by atoms with Crippen LogP contribution in [0, 0.1) is 0 Å². The smallest absolute Gasteiger partial charge is 0.463 e. The lowest BCUT2D eigenvalue weighted by Crippen LogP contribution is -2.29. The van der Waals surface area contributed by atoms with Crippen molar-refractivity contribution in [2.45, 2.75) is 6.18 Å². The molecular weight excluding hydrogens is 251 g/mol. The fourth-order valence-electron chi connectivity index (χ4n) is 0.616. The highest BCUT2D eigenvalue weighted by Crippen LogP contribution is 2.19. The largest absolute Gasteiger partial charge is 0.471 e. The van der Waals surface area contributed by atoms with Crippen molar-refractivity contribution < 1.29 is 27.5 Å². The molecule has 0 spiro atoms. The maximum atomic E-state index is 11.8. The van der Waals surface area contributed by atoms with E-state index in [1.165, 1.54) is 5.32 Å². The van der Waals surface area contributed by atoms with E-state index in [0.717, 1.165) is 7.11 Å². The van der Waals surface area contributed by atoms with Crippen LogP contribution in [0.4, 0.5) is 18.3 Å². The van der Waals surface area contributed by atoms with Crippen molar-refractivity contribution in [1.29, 1.82) is 0 Å². The van der Waals surface area contributed by atoms with E-state index in [0.29, 0.717) is 11.5 Å². The minimum atomic E-state index is -5.02. The fraction of sp³-hybridized carbons (Fsp3) is 0.333. The summed E-state index contributed by atoms with van der Waals surface area (Å²) in [6.45, 7) is 0. The van der Waals surface area contributed by atoms with Gasteiger partial charge in [-0.05, 0) is 0 Å². The molecule has 0 unspecified atom stereocenters. The number of nitrogens with one attached hydrogen (secondary N) is 1. The van der Waals surface area contributed by atoms with Crippen molar-refractivity contribution >= 4 is 28.5 Å². The predicted octanol–water partition coefficient (Wildman–Crippen LogP) is 0.825. The van der Waals surface area contributed by atoms with Crippen LogP contribution in [-0.4, -0.2) is 34.5 Å². The normalized spacial score (nSPS) is 11.0. The van der Waals surface area contributed by atoms with E-state index in [-0.39, 0.29) is 0 Å². The molecule has 10 heteroatoms. The number of anilines is 1. The first-order valence-corrected chi connectivity index (χ1v) is 4.42. The lowest BCUT2D eigenvalue weighted by atomic mass is 10.6. The maximum absolute atomic E-state index is 11.8. The monoisotopic (exact) mass is 255 g/mol. The van der Waals surface area contributed by atoms with Crippen molar-refractivity contribution in [2.75, 3.05) is 12.4 Å². The molecule has 0 aliphatic heterocycles. The summed E-state index contributed by atoms with van der Waals surface area (Å²) >= 11 is 0.444. The molecule has 6 nitrogen and oxygen atoms in total. The van der Waals surface area contributed by atoms with Crippen LogP contribution in [0.3, 0.4) is 0 Å². The molecule has 0 aromatic carbocycles. The average Bonchev–Trinajstić information content (AvgIpc) is 2.63. The van der Waals surface area contributed by atoms with Gasteiger partial charge in [0.15, 0.2) is 0 Å². The summed E-state index contributed by atoms with van der Waals surface area (Å²) < 4.78 is 43.1. The maximum Gasteiger partial charge on any atom is 0.471 e. The van der Waals surface area contributed by atoms with Crippen LogP contribution in [0.25, 0.3) is 0 Å². The topological polar surface area (TPSA) is 81.2 Å². The number of rotatable bonds is 2. The molecule has 0 radical (unpaired) electrons. The van der Waals surface area contributed by atoms with E-state index in [2.05, 4.69) is 14.1 Å².